The largest absolute Gasteiger partial charge is 0.480 e. The molecule has 0 radical (unpaired) electrons. The van der Waals surface area contributed by atoms with Gasteiger partial charge in [0.15, 0.2) is 0 Å². The minimum absolute atomic E-state index is 0.0112. The van der Waals surface area contributed by atoms with Crippen LogP contribution in [0.1, 0.15) is 92.9 Å². The predicted molar refractivity (Wildman–Crippen MR) is 170 cm³/mol. The third kappa shape index (κ3) is 9.40. The number of carboxylic acids is 1. The molecule has 14 heteroatoms. The summed E-state index contributed by atoms with van der Waals surface area (Å²) < 4.78 is 34.8. The number of carbonyl (C=O) groups excluding carboxylic acids is 2. The first-order valence-corrected chi connectivity index (χ1v) is 17.8. The van der Waals surface area contributed by atoms with Crippen LogP contribution in [0.3, 0.4) is 0 Å². The molecule has 4 N–H and O–H groups in total. The Labute approximate surface area is 268 Å². The van der Waals surface area contributed by atoms with Gasteiger partial charge in [0.25, 0.3) is 10.2 Å². The van der Waals surface area contributed by atoms with Crippen molar-refractivity contribution >= 4 is 28.2 Å². The van der Waals surface area contributed by atoms with Crippen molar-refractivity contribution in [2.45, 2.75) is 123 Å². The molecule has 2 saturated heterocycles. The van der Waals surface area contributed by atoms with Crippen LogP contribution in [0.5, 0.6) is 0 Å². The number of carboxylic acid groups (broad SMARTS) is 1. The zero-order valence-corrected chi connectivity index (χ0v) is 28.6. The molecular weight excluding hydrogens is 602 g/mol. The monoisotopic (exact) mass is 657 g/mol. The van der Waals surface area contributed by atoms with Gasteiger partial charge >= 0.3 is 12.1 Å². The van der Waals surface area contributed by atoms with E-state index in [9.17, 15) is 33.0 Å². The SMILES string of the molecule is CCCCC/C=C\C1C[C@]1(NC(O)[C@@H]1CCCN1C(=O)CNC(=O)OC(CN1CCCN(C(C)C)S1(=O)=O)C(C)(C)C)C(=O)O. The van der Waals surface area contributed by atoms with Crippen molar-refractivity contribution in [3.8, 4) is 0 Å². The number of aliphatic hydroxyl groups excluding tert-OH is 1. The van der Waals surface area contributed by atoms with E-state index in [0.717, 1.165) is 25.7 Å². The Hall–Kier alpha value is -2.26. The second kappa shape index (κ2) is 15.6. The summed E-state index contributed by atoms with van der Waals surface area (Å²) >= 11 is 0. The molecule has 3 aliphatic rings. The number of amides is 2. The maximum absolute atomic E-state index is 13.2. The van der Waals surface area contributed by atoms with Crippen LogP contribution in [0.4, 0.5) is 4.79 Å². The van der Waals surface area contributed by atoms with Gasteiger partial charge < -0.3 is 25.2 Å². The molecule has 13 nitrogen and oxygen atoms in total. The number of alkyl carbamates (subject to hydrolysis) is 1. The quantitative estimate of drug-likeness (QED) is 0.118. The third-order valence-electron chi connectivity index (χ3n) is 9.08. The van der Waals surface area contributed by atoms with E-state index in [2.05, 4.69) is 17.6 Å². The lowest BCUT2D eigenvalue weighted by Crippen LogP contribution is -2.57. The molecule has 0 aromatic heterocycles. The van der Waals surface area contributed by atoms with Crippen LogP contribution in [0.2, 0.25) is 0 Å². The molecule has 5 atom stereocenters. The maximum Gasteiger partial charge on any atom is 0.407 e. The highest BCUT2D eigenvalue weighted by Gasteiger charge is 2.60. The minimum Gasteiger partial charge on any atom is -0.480 e. The summed E-state index contributed by atoms with van der Waals surface area (Å²) in [5, 5.41) is 26.4. The summed E-state index contributed by atoms with van der Waals surface area (Å²) in [6.45, 7) is 12.1. The lowest BCUT2D eigenvalue weighted by molar-refractivity contribution is -0.143. The number of unbranched alkanes of at least 4 members (excludes halogenated alkanes) is 3. The Balaban J connectivity index is 1.55. The molecule has 1 saturated carbocycles. The van der Waals surface area contributed by atoms with Crippen molar-refractivity contribution in [1.29, 1.82) is 0 Å². The molecule has 0 bridgehead atoms. The number of nitrogens with zero attached hydrogens (tertiary/aromatic N) is 3. The van der Waals surface area contributed by atoms with E-state index in [-0.39, 0.29) is 25.0 Å². The number of allylic oxidation sites excluding steroid dienone is 1. The molecule has 0 spiro atoms. The van der Waals surface area contributed by atoms with E-state index in [4.69, 9.17) is 4.74 Å². The zero-order valence-electron chi connectivity index (χ0n) is 27.8. The summed E-state index contributed by atoms with van der Waals surface area (Å²) in [7, 11) is -3.71. The Morgan fingerprint density at radius 3 is 2.44 bits per heavy atom. The average molecular weight is 658 g/mol. The van der Waals surface area contributed by atoms with E-state index >= 15 is 0 Å². The average Bonchev–Trinajstić information content (AvgIpc) is 3.41. The molecule has 3 unspecified atom stereocenters. The summed E-state index contributed by atoms with van der Waals surface area (Å²) in [6, 6.07) is -0.835. The highest BCUT2D eigenvalue weighted by atomic mass is 32.2. The Morgan fingerprint density at radius 2 is 1.82 bits per heavy atom. The van der Waals surface area contributed by atoms with Crippen molar-refractivity contribution in [3.05, 3.63) is 12.2 Å². The molecule has 2 heterocycles. The molecule has 0 aromatic carbocycles. The summed E-state index contributed by atoms with van der Waals surface area (Å²) in [5.41, 5.74) is -1.85. The number of carbonyl (C=O) groups is 3. The molecule has 3 fully saturated rings. The molecule has 45 heavy (non-hydrogen) atoms. The van der Waals surface area contributed by atoms with Gasteiger partial charge in [-0.05, 0) is 52.4 Å². The van der Waals surface area contributed by atoms with Gasteiger partial charge in [0.05, 0.1) is 12.6 Å². The van der Waals surface area contributed by atoms with Crippen LogP contribution in [0.15, 0.2) is 12.2 Å². The second-order valence-electron chi connectivity index (χ2n) is 13.9. The third-order valence-corrected chi connectivity index (χ3v) is 11.3. The van der Waals surface area contributed by atoms with Gasteiger partial charge in [0.2, 0.25) is 5.91 Å². The first-order valence-electron chi connectivity index (χ1n) is 16.4. The highest BCUT2D eigenvalue weighted by Crippen LogP contribution is 2.45. The van der Waals surface area contributed by atoms with Gasteiger partial charge in [-0.1, -0.05) is 52.7 Å². The van der Waals surface area contributed by atoms with E-state index in [1.807, 2.05) is 46.8 Å². The predicted octanol–water partition coefficient (Wildman–Crippen LogP) is 2.67. The first kappa shape index (κ1) is 37.2. The lowest BCUT2D eigenvalue weighted by atomic mass is 9.89. The normalized spacial score (nSPS) is 27.1. The van der Waals surface area contributed by atoms with Crippen LogP contribution in [0, 0.1) is 11.3 Å². The number of nitrogens with one attached hydrogen (secondary N) is 2. The molecular formula is C31H55N5O8S. The van der Waals surface area contributed by atoms with Gasteiger partial charge in [-0.15, -0.1) is 0 Å². The van der Waals surface area contributed by atoms with E-state index in [1.165, 1.54) is 13.5 Å². The summed E-state index contributed by atoms with van der Waals surface area (Å²) in [5.74, 6) is -1.70. The molecule has 258 valence electrons. The fourth-order valence-electron chi connectivity index (χ4n) is 6.14. The maximum atomic E-state index is 13.2. The number of aliphatic carboxylic acids is 1. The van der Waals surface area contributed by atoms with Gasteiger partial charge in [-0.3, -0.25) is 14.9 Å². The standard InChI is InChI=1S/C31H55N5O8S/c1-7-8-9-10-11-14-23-19-31(23,28(39)40)33-27(38)24-15-12-17-35(24)26(37)20-32-29(41)44-25(30(4,5)6)21-34-16-13-18-36(22(2)3)45(34,42)43/h11,14,22-25,27,33,38H,7-10,12-13,15-21H2,1-6H3,(H,32,41)(H,39,40)/b14-11-/t23?,24-,25?,27?,31+/m0/s1. The van der Waals surface area contributed by atoms with Gasteiger partial charge in [0, 0.05) is 37.0 Å². The van der Waals surface area contributed by atoms with E-state index < -0.39 is 57.5 Å². The number of hydrogen-bond donors (Lipinski definition) is 4. The van der Waals surface area contributed by atoms with Crippen LogP contribution in [0.25, 0.3) is 0 Å². The number of likely N-dealkylation sites (tertiary alicyclic amines) is 1. The molecule has 1 aliphatic carbocycles. The van der Waals surface area contributed by atoms with Crippen molar-refractivity contribution < 1.29 is 37.8 Å². The van der Waals surface area contributed by atoms with Crippen LogP contribution in [-0.2, 0) is 24.5 Å². The van der Waals surface area contributed by atoms with Gasteiger partial charge in [0.1, 0.15) is 24.4 Å². The summed E-state index contributed by atoms with van der Waals surface area (Å²) in [6.07, 6.45) is 7.34. The molecule has 0 aromatic rings. The van der Waals surface area contributed by atoms with Crippen LogP contribution in [-0.4, -0.2) is 113 Å². The van der Waals surface area contributed by atoms with Gasteiger partial charge in [-0.2, -0.15) is 17.0 Å². The van der Waals surface area contributed by atoms with E-state index in [1.54, 1.807) is 0 Å². The van der Waals surface area contributed by atoms with Crippen molar-refractivity contribution in [3.63, 3.8) is 0 Å². The van der Waals surface area contributed by atoms with Gasteiger partial charge in [-0.25, -0.2) is 4.79 Å². The van der Waals surface area contributed by atoms with Crippen molar-refractivity contribution in [1.82, 2.24) is 24.1 Å². The van der Waals surface area contributed by atoms with E-state index in [0.29, 0.717) is 45.3 Å². The minimum atomic E-state index is -3.71. The van der Waals surface area contributed by atoms with Crippen LogP contribution < -0.4 is 10.6 Å². The number of aliphatic hydroxyl groups is 1. The topological polar surface area (TPSA) is 169 Å². The zero-order chi connectivity index (χ0) is 33.6. The Bertz CT molecular complexity index is 1170. The number of hydrogen-bond acceptors (Lipinski definition) is 8. The highest BCUT2D eigenvalue weighted by molar-refractivity contribution is 7.86. The molecule has 3 rings (SSSR count). The lowest BCUT2D eigenvalue weighted by Gasteiger charge is -2.40. The Kier molecular flexibility index (Phi) is 12.9. The van der Waals surface area contributed by atoms with Crippen molar-refractivity contribution in [2.75, 3.05) is 32.7 Å². The number of ether oxygens (including phenoxy) is 1. The van der Waals surface area contributed by atoms with Crippen molar-refractivity contribution in [2.24, 2.45) is 11.3 Å². The fourth-order valence-corrected chi connectivity index (χ4v) is 8.01. The molecule has 2 aliphatic heterocycles. The smallest absolute Gasteiger partial charge is 0.407 e. The molecule has 2 amide bonds. The first-order chi connectivity index (χ1) is 21.0. The second-order valence-corrected chi connectivity index (χ2v) is 15.8. The fraction of sp³-hybridized carbons (Fsp3) is 0.839. The number of rotatable bonds is 15. The Morgan fingerprint density at radius 1 is 1.11 bits per heavy atom. The van der Waals surface area contributed by atoms with Crippen LogP contribution >= 0.6 is 0 Å². The summed E-state index contributed by atoms with van der Waals surface area (Å²) in [4.78, 5) is 39.6.